The van der Waals surface area contributed by atoms with E-state index in [1.807, 2.05) is 0 Å². The van der Waals surface area contributed by atoms with Crippen molar-refractivity contribution < 1.29 is 18.8 Å². The van der Waals surface area contributed by atoms with Crippen molar-refractivity contribution in [2.75, 3.05) is 5.32 Å². The molecular weight excluding hydrogens is 400 g/mol. The largest absolute Gasteiger partial charge is 0.458 e. The van der Waals surface area contributed by atoms with Crippen LogP contribution in [0.5, 0.6) is 0 Å². The molecule has 0 aromatic carbocycles. The molecule has 10 heteroatoms. The van der Waals surface area contributed by atoms with E-state index >= 15 is 0 Å². The number of furan rings is 1. The van der Waals surface area contributed by atoms with Gasteiger partial charge in [0.2, 0.25) is 11.8 Å². The van der Waals surface area contributed by atoms with Gasteiger partial charge in [-0.15, -0.1) is 22.7 Å². The summed E-state index contributed by atoms with van der Waals surface area (Å²) in [5, 5.41) is 11.9. The molecule has 3 N–H and O–H groups in total. The Morgan fingerprint density at radius 3 is 2.75 bits per heavy atom. The summed E-state index contributed by atoms with van der Waals surface area (Å²) in [4.78, 5) is 40.2. The van der Waals surface area contributed by atoms with E-state index in [0.29, 0.717) is 33.8 Å². The van der Waals surface area contributed by atoms with Crippen LogP contribution in [0.15, 0.2) is 39.4 Å². The first-order valence-electron chi connectivity index (χ1n) is 8.36. The van der Waals surface area contributed by atoms with E-state index in [0.717, 1.165) is 0 Å². The number of aromatic nitrogens is 1. The van der Waals surface area contributed by atoms with Gasteiger partial charge in [-0.3, -0.25) is 14.4 Å². The fourth-order valence-corrected chi connectivity index (χ4v) is 3.55. The molecule has 0 aliphatic heterocycles. The summed E-state index contributed by atoms with van der Waals surface area (Å²) in [6.07, 6.45) is 0. The van der Waals surface area contributed by atoms with Crippen LogP contribution in [0.3, 0.4) is 0 Å². The molecule has 3 amide bonds. The molecule has 3 heterocycles. The lowest BCUT2D eigenvalue weighted by molar-refractivity contribution is -0.119. The summed E-state index contributed by atoms with van der Waals surface area (Å²) in [5.74, 6) is 0.345. The van der Waals surface area contributed by atoms with Gasteiger partial charge in [0.1, 0.15) is 17.5 Å². The van der Waals surface area contributed by atoms with Gasteiger partial charge in [-0.25, -0.2) is 4.98 Å². The van der Waals surface area contributed by atoms with Crippen LogP contribution in [-0.4, -0.2) is 28.7 Å². The van der Waals surface area contributed by atoms with Gasteiger partial charge >= 0.3 is 0 Å². The number of rotatable bonds is 7. The van der Waals surface area contributed by atoms with E-state index in [2.05, 4.69) is 20.9 Å². The Morgan fingerprint density at radius 1 is 1.21 bits per heavy atom. The number of thiazole rings is 1. The number of amides is 3. The zero-order valence-corrected chi connectivity index (χ0v) is 16.8. The van der Waals surface area contributed by atoms with Crippen LogP contribution in [0.1, 0.15) is 29.3 Å². The van der Waals surface area contributed by atoms with Crippen molar-refractivity contribution in [1.29, 1.82) is 0 Å². The van der Waals surface area contributed by atoms with Crippen LogP contribution in [0.2, 0.25) is 0 Å². The minimum Gasteiger partial charge on any atom is -0.458 e. The number of thiophene rings is 1. The quantitative estimate of drug-likeness (QED) is 0.546. The number of hydrogen-bond donors (Lipinski definition) is 3. The number of anilines is 1. The summed E-state index contributed by atoms with van der Waals surface area (Å²) >= 11 is 2.56. The van der Waals surface area contributed by atoms with Gasteiger partial charge in [0.05, 0.1) is 11.4 Å². The van der Waals surface area contributed by atoms with E-state index in [1.54, 1.807) is 41.9 Å². The van der Waals surface area contributed by atoms with Crippen molar-refractivity contribution in [3.8, 4) is 11.5 Å². The fraction of sp³-hybridized carbons (Fsp3) is 0.222. The van der Waals surface area contributed by atoms with Gasteiger partial charge in [-0.05, 0) is 30.5 Å². The first kappa shape index (κ1) is 19.8. The van der Waals surface area contributed by atoms with E-state index in [-0.39, 0.29) is 17.7 Å². The SMILES string of the molecule is CC(=O)NCc1ccc(-c2csc(NC(=O)C(C)NC(=O)c3cccs3)n2)o1. The number of nitrogens with zero attached hydrogens (tertiary/aromatic N) is 1. The maximum absolute atomic E-state index is 12.3. The van der Waals surface area contributed by atoms with Crippen molar-refractivity contribution in [3.63, 3.8) is 0 Å². The average Bonchev–Trinajstić information content (AvgIpc) is 3.40. The molecule has 0 saturated heterocycles. The van der Waals surface area contributed by atoms with Gasteiger partial charge in [0, 0.05) is 12.3 Å². The first-order valence-corrected chi connectivity index (χ1v) is 10.1. The highest BCUT2D eigenvalue weighted by Crippen LogP contribution is 2.26. The van der Waals surface area contributed by atoms with Crippen molar-refractivity contribution in [3.05, 3.63) is 45.7 Å². The van der Waals surface area contributed by atoms with Crippen molar-refractivity contribution in [2.45, 2.75) is 26.4 Å². The molecule has 28 heavy (non-hydrogen) atoms. The van der Waals surface area contributed by atoms with Crippen LogP contribution in [-0.2, 0) is 16.1 Å². The second-order valence-corrected chi connectivity index (χ2v) is 7.68. The monoisotopic (exact) mass is 418 g/mol. The maximum Gasteiger partial charge on any atom is 0.261 e. The average molecular weight is 419 g/mol. The molecule has 0 bridgehead atoms. The Balaban J connectivity index is 1.57. The van der Waals surface area contributed by atoms with E-state index in [4.69, 9.17) is 4.42 Å². The first-order chi connectivity index (χ1) is 13.4. The summed E-state index contributed by atoms with van der Waals surface area (Å²) in [6, 6.07) is 6.26. The molecule has 0 aliphatic carbocycles. The van der Waals surface area contributed by atoms with Crippen LogP contribution in [0.25, 0.3) is 11.5 Å². The van der Waals surface area contributed by atoms with Gasteiger partial charge in [0.15, 0.2) is 10.9 Å². The zero-order chi connectivity index (χ0) is 20.1. The van der Waals surface area contributed by atoms with Crippen LogP contribution in [0, 0.1) is 0 Å². The van der Waals surface area contributed by atoms with Gasteiger partial charge in [0.25, 0.3) is 5.91 Å². The number of nitrogens with one attached hydrogen (secondary N) is 3. The highest BCUT2D eigenvalue weighted by Gasteiger charge is 2.19. The van der Waals surface area contributed by atoms with Crippen LogP contribution >= 0.6 is 22.7 Å². The molecule has 1 atom stereocenters. The van der Waals surface area contributed by atoms with Crippen LogP contribution in [0.4, 0.5) is 5.13 Å². The smallest absolute Gasteiger partial charge is 0.261 e. The predicted octanol–water partition coefficient (Wildman–Crippen LogP) is 2.86. The third-order valence-electron chi connectivity index (χ3n) is 3.65. The Labute approximate surface area is 169 Å². The molecule has 0 spiro atoms. The second-order valence-electron chi connectivity index (χ2n) is 5.88. The summed E-state index contributed by atoms with van der Waals surface area (Å²) in [5.41, 5.74) is 0.574. The Hall–Kier alpha value is -2.98. The lowest BCUT2D eigenvalue weighted by Gasteiger charge is -2.12. The maximum atomic E-state index is 12.3. The van der Waals surface area contributed by atoms with E-state index < -0.39 is 6.04 Å². The highest BCUT2D eigenvalue weighted by molar-refractivity contribution is 7.14. The Bertz CT molecular complexity index is 978. The molecule has 0 saturated carbocycles. The third kappa shape index (κ3) is 5.05. The lowest BCUT2D eigenvalue weighted by Crippen LogP contribution is -2.41. The van der Waals surface area contributed by atoms with Crippen LogP contribution < -0.4 is 16.0 Å². The molecule has 0 aliphatic rings. The number of hydrogen-bond acceptors (Lipinski definition) is 7. The predicted molar refractivity (Wildman–Crippen MR) is 107 cm³/mol. The molecule has 3 aromatic rings. The molecule has 0 radical (unpaired) electrons. The lowest BCUT2D eigenvalue weighted by atomic mass is 10.3. The molecular formula is C18H18N4O4S2. The van der Waals surface area contributed by atoms with Crippen molar-refractivity contribution >= 4 is 45.5 Å². The summed E-state index contributed by atoms with van der Waals surface area (Å²) < 4.78 is 5.64. The van der Waals surface area contributed by atoms with Gasteiger partial charge < -0.3 is 20.4 Å². The van der Waals surface area contributed by atoms with Gasteiger partial charge in [-0.1, -0.05) is 6.07 Å². The van der Waals surface area contributed by atoms with Crippen molar-refractivity contribution in [1.82, 2.24) is 15.6 Å². The Kier molecular flexibility index (Phi) is 6.22. The number of carbonyl (C=O) groups excluding carboxylic acids is 3. The highest BCUT2D eigenvalue weighted by atomic mass is 32.1. The molecule has 3 aromatic heterocycles. The van der Waals surface area contributed by atoms with E-state index in [1.165, 1.54) is 29.6 Å². The standard InChI is InChI=1S/C18H18N4O4S2/c1-10(20-17(25)15-4-3-7-27-15)16(24)22-18-21-13(9-28-18)14-6-5-12(26-14)8-19-11(2)23/h3-7,9-10H,8H2,1-2H3,(H,19,23)(H,20,25)(H,21,22,24). The Morgan fingerprint density at radius 2 is 2.04 bits per heavy atom. The normalized spacial score (nSPS) is 11.6. The summed E-state index contributed by atoms with van der Waals surface area (Å²) in [7, 11) is 0. The molecule has 146 valence electrons. The summed E-state index contributed by atoms with van der Waals surface area (Å²) in [6.45, 7) is 3.34. The molecule has 1 unspecified atom stereocenters. The molecule has 0 fully saturated rings. The minimum atomic E-state index is -0.713. The number of carbonyl (C=O) groups is 3. The second kappa shape index (κ2) is 8.81. The van der Waals surface area contributed by atoms with Gasteiger partial charge in [-0.2, -0.15) is 0 Å². The fourth-order valence-electron chi connectivity index (χ4n) is 2.22. The molecule has 8 nitrogen and oxygen atoms in total. The molecule has 3 rings (SSSR count). The zero-order valence-electron chi connectivity index (χ0n) is 15.1. The topological polar surface area (TPSA) is 113 Å². The van der Waals surface area contributed by atoms with Crippen molar-refractivity contribution in [2.24, 2.45) is 0 Å². The minimum absolute atomic E-state index is 0.142. The third-order valence-corrected chi connectivity index (χ3v) is 5.27. The van der Waals surface area contributed by atoms with E-state index in [9.17, 15) is 14.4 Å².